The van der Waals surface area contributed by atoms with E-state index in [4.69, 9.17) is 0 Å². The number of aromatic nitrogens is 2. The first kappa shape index (κ1) is 13.8. The molecule has 1 aromatic heterocycles. The van der Waals surface area contributed by atoms with Crippen molar-refractivity contribution >= 4 is 22.6 Å². The van der Waals surface area contributed by atoms with Gasteiger partial charge in [-0.2, -0.15) is 4.98 Å². The van der Waals surface area contributed by atoms with Gasteiger partial charge in [0.2, 0.25) is 5.95 Å². The number of anilines is 2. The lowest BCUT2D eigenvalue weighted by Gasteiger charge is -2.14. The van der Waals surface area contributed by atoms with Crippen LogP contribution in [0.4, 0.5) is 16.2 Å². The number of hydrogen-bond donors (Lipinski definition) is 2. The first-order valence-corrected chi connectivity index (χ1v) is 7.02. The van der Waals surface area contributed by atoms with Gasteiger partial charge in [0, 0.05) is 35.9 Å². The first-order chi connectivity index (χ1) is 8.02. The Bertz CT molecular complexity index is 402. The van der Waals surface area contributed by atoms with Crippen LogP contribution >= 0.6 is 0 Å². The van der Waals surface area contributed by atoms with Crippen LogP contribution in [0.15, 0.2) is 6.20 Å². The van der Waals surface area contributed by atoms with Crippen molar-refractivity contribution in [3.63, 3.8) is 0 Å². The molecule has 96 valence electrons. The molecule has 0 amide bonds. The molecule has 0 aliphatic heterocycles. The molecule has 0 bridgehead atoms. The molecule has 2 atom stereocenters. The molecule has 0 radical (unpaired) electrons. The van der Waals surface area contributed by atoms with Crippen molar-refractivity contribution in [2.45, 2.75) is 19.4 Å². The molecule has 2 unspecified atom stereocenters. The van der Waals surface area contributed by atoms with E-state index in [1.165, 1.54) is 0 Å². The SMILES string of the molecule is CNc1ncc(F)c(NC(C)CCS(C)=O)n1. The second-order valence-electron chi connectivity index (χ2n) is 3.75. The van der Waals surface area contributed by atoms with Crippen LogP contribution < -0.4 is 10.6 Å². The minimum absolute atomic E-state index is 0.00741. The fourth-order valence-electron chi connectivity index (χ4n) is 1.24. The molecule has 2 N–H and O–H groups in total. The van der Waals surface area contributed by atoms with Gasteiger partial charge in [-0.15, -0.1) is 0 Å². The highest BCUT2D eigenvalue weighted by molar-refractivity contribution is 7.84. The van der Waals surface area contributed by atoms with Gasteiger partial charge in [-0.3, -0.25) is 4.21 Å². The number of nitrogens with one attached hydrogen (secondary N) is 2. The Labute approximate surface area is 103 Å². The van der Waals surface area contributed by atoms with Gasteiger partial charge >= 0.3 is 0 Å². The summed E-state index contributed by atoms with van der Waals surface area (Å²) < 4.78 is 24.3. The Morgan fingerprint density at radius 1 is 1.59 bits per heavy atom. The highest BCUT2D eigenvalue weighted by Gasteiger charge is 2.10. The van der Waals surface area contributed by atoms with Crippen molar-refractivity contribution in [3.8, 4) is 0 Å². The van der Waals surface area contributed by atoms with E-state index in [9.17, 15) is 8.60 Å². The number of nitrogens with zero attached hydrogens (tertiary/aromatic N) is 2. The summed E-state index contributed by atoms with van der Waals surface area (Å²) >= 11 is 0. The minimum Gasteiger partial charge on any atom is -0.365 e. The van der Waals surface area contributed by atoms with Crippen molar-refractivity contribution in [1.29, 1.82) is 0 Å². The lowest BCUT2D eigenvalue weighted by Crippen LogP contribution is -2.20. The standard InChI is InChI=1S/C10H17FN4OS/c1-7(4-5-17(3)16)14-9-8(11)6-13-10(12-2)15-9/h6-7H,4-5H2,1-3H3,(H2,12,13,14,15). The molecule has 1 heterocycles. The second-order valence-corrected chi connectivity index (χ2v) is 5.31. The quantitative estimate of drug-likeness (QED) is 0.805. The van der Waals surface area contributed by atoms with Gasteiger partial charge in [0.1, 0.15) is 0 Å². The third-order valence-corrected chi connectivity index (χ3v) is 3.00. The lowest BCUT2D eigenvalue weighted by molar-refractivity contribution is 0.611. The molecule has 0 aliphatic rings. The smallest absolute Gasteiger partial charge is 0.224 e. The average Bonchev–Trinajstić information content (AvgIpc) is 2.29. The summed E-state index contributed by atoms with van der Waals surface area (Å²) in [6, 6.07) is 0.00741. The zero-order chi connectivity index (χ0) is 12.8. The van der Waals surface area contributed by atoms with E-state index in [0.717, 1.165) is 6.20 Å². The Hall–Kier alpha value is -1.24. The molecule has 17 heavy (non-hydrogen) atoms. The van der Waals surface area contributed by atoms with Crippen molar-refractivity contribution in [1.82, 2.24) is 9.97 Å². The largest absolute Gasteiger partial charge is 0.365 e. The van der Waals surface area contributed by atoms with E-state index in [0.29, 0.717) is 18.1 Å². The molecule has 5 nitrogen and oxygen atoms in total. The molecule has 0 aliphatic carbocycles. The molecule has 7 heteroatoms. The molecule has 0 aromatic carbocycles. The fraction of sp³-hybridized carbons (Fsp3) is 0.600. The van der Waals surface area contributed by atoms with E-state index < -0.39 is 16.6 Å². The normalized spacial score (nSPS) is 14.1. The summed E-state index contributed by atoms with van der Waals surface area (Å²) in [4.78, 5) is 7.73. The van der Waals surface area contributed by atoms with Crippen LogP contribution in [0.5, 0.6) is 0 Å². The molecule has 0 fully saturated rings. The Morgan fingerprint density at radius 3 is 2.88 bits per heavy atom. The summed E-state index contributed by atoms with van der Waals surface area (Å²) in [5.74, 6) is 0.618. The van der Waals surface area contributed by atoms with Gasteiger partial charge in [-0.05, 0) is 13.3 Å². The molecular formula is C10H17FN4OS. The third-order valence-electron chi connectivity index (χ3n) is 2.19. The van der Waals surface area contributed by atoms with E-state index >= 15 is 0 Å². The van der Waals surface area contributed by atoms with Gasteiger partial charge in [0.05, 0.1) is 6.20 Å². The van der Waals surface area contributed by atoms with Crippen molar-refractivity contribution in [2.24, 2.45) is 0 Å². The summed E-state index contributed by atoms with van der Waals surface area (Å²) in [6.07, 6.45) is 3.46. The van der Waals surface area contributed by atoms with E-state index in [2.05, 4.69) is 20.6 Å². The van der Waals surface area contributed by atoms with Gasteiger partial charge < -0.3 is 10.6 Å². The number of rotatable bonds is 6. The highest BCUT2D eigenvalue weighted by Crippen LogP contribution is 2.13. The maximum absolute atomic E-state index is 13.4. The van der Waals surface area contributed by atoms with E-state index in [-0.39, 0.29) is 11.9 Å². The molecule has 0 saturated carbocycles. The molecule has 1 rings (SSSR count). The average molecular weight is 260 g/mol. The van der Waals surface area contributed by atoms with E-state index in [1.807, 2.05) is 6.92 Å². The van der Waals surface area contributed by atoms with Crippen molar-refractivity contribution < 1.29 is 8.60 Å². The predicted octanol–water partition coefficient (Wildman–Crippen LogP) is 1.23. The third kappa shape index (κ3) is 4.64. The fourth-order valence-corrected chi connectivity index (χ4v) is 1.92. The Balaban J connectivity index is 2.63. The highest BCUT2D eigenvalue weighted by atomic mass is 32.2. The van der Waals surface area contributed by atoms with Crippen LogP contribution in [0.3, 0.4) is 0 Å². The molecular weight excluding hydrogens is 243 g/mol. The Kier molecular flexibility index (Phi) is 5.27. The monoisotopic (exact) mass is 260 g/mol. The van der Waals surface area contributed by atoms with Gasteiger partial charge in [0.25, 0.3) is 0 Å². The van der Waals surface area contributed by atoms with Crippen molar-refractivity contribution in [2.75, 3.05) is 29.7 Å². The van der Waals surface area contributed by atoms with Crippen LogP contribution in [0, 0.1) is 5.82 Å². The summed E-state index contributed by atoms with van der Waals surface area (Å²) in [6.45, 7) is 1.90. The van der Waals surface area contributed by atoms with Crippen LogP contribution in [0.2, 0.25) is 0 Å². The van der Waals surface area contributed by atoms with Gasteiger partial charge in [-0.25, -0.2) is 9.37 Å². The summed E-state index contributed by atoms with van der Waals surface area (Å²) in [5, 5.41) is 5.68. The predicted molar refractivity (Wildman–Crippen MR) is 68.2 cm³/mol. The van der Waals surface area contributed by atoms with Crippen LogP contribution in [-0.2, 0) is 10.8 Å². The van der Waals surface area contributed by atoms with E-state index in [1.54, 1.807) is 13.3 Å². The topological polar surface area (TPSA) is 66.9 Å². The molecule has 0 spiro atoms. The maximum atomic E-state index is 13.4. The number of halogens is 1. The van der Waals surface area contributed by atoms with Crippen LogP contribution in [0.1, 0.15) is 13.3 Å². The van der Waals surface area contributed by atoms with Gasteiger partial charge in [0.15, 0.2) is 11.6 Å². The first-order valence-electron chi connectivity index (χ1n) is 5.29. The maximum Gasteiger partial charge on any atom is 0.224 e. The van der Waals surface area contributed by atoms with Crippen LogP contribution in [-0.4, -0.2) is 39.3 Å². The lowest BCUT2D eigenvalue weighted by atomic mass is 10.2. The zero-order valence-corrected chi connectivity index (χ0v) is 11.0. The minimum atomic E-state index is -0.834. The summed E-state index contributed by atoms with van der Waals surface area (Å²) in [7, 11) is 0.833. The molecule has 1 aromatic rings. The zero-order valence-electron chi connectivity index (χ0n) is 10.2. The number of hydrogen-bond acceptors (Lipinski definition) is 5. The van der Waals surface area contributed by atoms with Crippen LogP contribution in [0.25, 0.3) is 0 Å². The van der Waals surface area contributed by atoms with Crippen molar-refractivity contribution in [3.05, 3.63) is 12.0 Å². The molecule has 0 saturated heterocycles. The summed E-state index contributed by atoms with van der Waals surface area (Å²) in [5.41, 5.74) is 0. The Morgan fingerprint density at radius 2 is 2.29 bits per heavy atom. The van der Waals surface area contributed by atoms with Gasteiger partial charge in [-0.1, -0.05) is 0 Å². The second kappa shape index (κ2) is 6.48.